The minimum Gasteiger partial charge on any atom is -0.484 e. The van der Waals surface area contributed by atoms with Crippen LogP contribution in [-0.2, 0) is 85.1 Å². The number of halogens is 1. The van der Waals surface area contributed by atoms with Gasteiger partial charge in [0.05, 0.1) is 37.0 Å². The summed E-state index contributed by atoms with van der Waals surface area (Å²) in [5.41, 5.74) is 17.9. The summed E-state index contributed by atoms with van der Waals surface area (Å²) in [5, 5.41) is 36.1. The highest BCUT2D eigenvalue weighted by Crippen LogP contribution is 2.33. The van der Waals surface area contributed by atoms with E-state index in [-0.39, 0.29) is 44.1 Å². The van der Waals surface area contributed by atoms with Crippen LogP contribution in [0.15, 0.2) is 243 Å². The number of carboxylic acid groups (broad SMARTS) is 1. The predicted molar refractivity (Wildman–Crippen MR) is 401 cm³/mol. The monoisotopic (exact) mass is 1410 g/mol. The minimum absolute atomic E-state index is 0.00219. The maximum atomic E-state index is 12.6. The molecule has 0 saturated heterocycles. The molecule has 0 aliphatic carbocycles. The topological polar surface area (TPSA) is 240 Å². The SMILES string of the molecule is Cn1nc(-c2ccccc2)c2c1CCN(C(=O)COc1ccccc1)C2.Cn1nc2c(c1-c1ccccc1)CN(C(=O)COc1ccccc1)CC2.O=C(COc1ccccc1)N1CCc2[nH]nc(-c3ccccc3)c2C1.O=C(O)COc1ccccc1.[2H]CF.c1ccc(-c2n[nH]c3c2CNCC3)cc1. The fourth-order valence-electron chi connectivity index (χ4n) is 12.6. The molecule has 8 aromatic carbocycles. The van der Waals surface area contributed by atoms with Gasteiger partial charge in [-0.1, -0.05) is 194 Å². The van der Waals surface area contributed by atoms with E-state index in [1.165, 1.54) is 22.5 Å². The number of carbonyl (C=O) groups excluding carboxylic acids is 3. The third-order valence-corrected chi connectivity index (χ3v) is 17.8. The van der Waals surface area contributed by atoms with E-state index >= 15 is 0 Å². The van der Waals surface area contributed by atoms with E-state index < -0.39 is 13.1 Å². The second kappa shape index (κ2) is 37.5. The normalized spacial score (nSPS) is 13.1. The molecule has 3 amide bonds. The number of aliphatic carboxylic acids is 1. The summed E-state index contributed by atoms with van der Waals surface area (Å²) in [6.07, 6.45) is 3.41. The number of aryl methyl sites for hydroxylation is 2. The van der Waals surface area contributed by atoms with E-state index in [1.54, 1.807) is 24.3 Å². The number of nitrogens with one attached hydrogen (secondary N) is 3. The second-order valence-electron chi connectivity index (χ2n) is 24.7. The van der Waals surface area contributed by atoms with Gasteiger partial charge in [-0.15, -0.1) is 0 Å². The van der Waals surface area contributed by atoms with Gasteiger partial charge in [-0.05, 0) is 48.5 Å². The molecular formula is C83H85FN12O9. The Morgan fingerprint density at radius 1 is 0.429 bits per heavy atom. The third-order valence-electron chi connectivity index (χ3n) is 17.8. The number of hydrogen-bond acceptors (Lipinski definition) is 13. The highest BCUT2D eigenvalue weighted by molar-refractivity contribution is 5.80. The van der Waals surface area contributed by atoms with Crippen LogP contribution in [-0.4, -0.2) is 143 Å². The van der Waals surface area contributed by atoms with Crippen molar-refractivity contribution < 1.29 is 49.0 Å². The van der Waals surface area contributed by atoms with Gasteiger partial charge in [-0.2, -0.15) is 20.4 Å². The number of hydrogen-bond donors (Lipinski definition) is 4. The maximum Gasteiger partial charge on any atom is 0.341 e. The van der Waals surface area contributed by atoms with Crippen LogP contribution < -0.4 is 24.3 Å². The number of para-hydroxylation sites is 4. The maximum absolute atomic E-state index is 12.6. The van der Waals surface area contributed by atoms with Gasteiger partial charge >= 0.3 is 5.97 Å². The van der Waals surface area contributed by atoms with Gasteiger partial charge in [-0.3, -0.25) is 38.3 Å². The predicted octanol–water partition coefficient (Wildman–Crippen LogP) is 12.6. The number of benzene rings is 8. The quantitative estimate of drug-likeness (QED) is 0.0704. The van der Waals surface area contributed by atoms with E-state index in [1.807, 2.05) is 220 Å². The van der Waals surface area contributed by atoms with E-state index in [9.17, 15) is 23.6 Å². The molecule has 4 N–H and O–H groups in total. The fraction of sp³-hybridized carbons (Fsp3) is 0.229. The lowest BCUT2D eigenvalue weighted by molar-refractivity contribution is -0.139. The zero-order chi connectivity index (χ0) is 73.8. The molecule has 22 heteroatoms. The molecule has 4 aliphatic heterocycles. The number of carbonyl (C=O) groups is 4. The molecule has 105 heavy (non-hydrogen) atoms. The van der Waals surface area contributed by atoms with E-state index in [4.69, 9.17) is 30.5 Å². The Hall–Kier alpha value is -12.4. The Morgan fingerprint density at radius 2 is 0.790 bits per heavy atom. The molecule has 21 nitrogen and oxygen atoms in total. The van der Waals surface area contributed by atoms with E-state index in [2.05, 4.69) is 67.2 Å². The standard InChI is InChI=1S/2C21H21N3O2.C20H19N3O2.C12H13N3.C8H8O3.CH3F/c1-23-19-12-13-24(20(25)15-26-17-10-6-3-7-11-17)14-18(19)21(22-23)16-8-4-2-5-9-16;1-23-21(16-8-4-2-5-9-16)18-14-24(13-12-19(18)22-23)20(25)15-26-17-10-6-3-7-11-17;24-19(14-25-16-9-5-2-6-10-16)23-12-11-18-17(13-23)20(22-21-18)15-7-3-1-4-8-15;1-2-4-9(5-3-1)12-10-8-13-7-6-11(10)14-15-12;9-8(10)6-11-7-4-2-1-3-5-7;1-2/h2*2-11H,12-15H2,1H3;1-10H,11-14H2,(H,21,22);1-5,13H,6-8H2,(H,14,15);1-5H,6H2,(H,9,10);1H3/i;;;;;1D. The number of aromatic amines is 2. The molecule has 0 radical (unpaired) electrons. The molecule has 0 atom stereocenters. The average Bonchev–Trinajstić information content (AvgIpc) is 1.63. The zero-order valence-electron chi connectivity index (χ0n) is 59.7. The summed E-state index contributed by atoms with van der Waals surface area (Å²) >= 11 is 0. The molecule has 0 spiro atoms. The zero-order valence-corrected chi connectivity index (χ0v) is 58.7. The van der Waals surface area contributed by atoms with Gasteiger partial charge in [0.25, 0.3) is 17.7 Å². The highest BCUT2D eigenvalue weighted by atomic mass is 19.1. The van der Waals surface area contributed by atoms with E-state index in [0.29, 0.717) is 62.3 Å². The summed E-state index contributed by atoms with van der Waals surface area (Å²) in [5.74, 6) is 1.75. The fourth-order valence-corrected chi connectivity index (χ4v) is 12.6. The number of H-pyrrole nitrogens is 2. The molecule has 4 aliphatic rings. The number of rotatable bonds is 16. The van der Waals surface area contributed by atoms with Crippen molar-refractivity contribution in [3.63, 3.8) is 0 Å². The van der Waals surface area contributed by atoms with Crippen molar-refractivity contribution in [2.24, 2.45) is 14.1 Å². The van der Waals surface area contributed by atoms with Gasteiger partial charge in [-0.25, -0.2) is 4.79 Å². The number of carboxylic acids is 1. The van der Waals surface area contributed by atoms with Crippen molar-refractivity contribution in [2.75, 3.05) is 59.8 Å². The van der Waals surface area contributed by atoms with Crippen molar-refractivity contribution in [2.45, 2.75) is 51.9 Å². The van der Waals surface area contributed by atoms with Gasteiger partial charge in [0, 0.05) is 154 Å². The molecule has 0 unspecified atom stereocenters. The largest absolute Gasteiger partial charge is 0.484 e. The third kappa shape index (κ3) is 20.0. The molecule has 16 rings (SSSR count). The molecule has 12 aromatic rings. The second-order valence-corrected chi connectivity index (χ2v) is 24.7. The first-order valence-corrected chi connectivity index (χ1v) is 34.7. The molecule has 8 heterocycles. The number of fused-ring (bicyclic) bond motifs is 4. The highest BCUT2D eigenvalue weighted by Gasteiger charge is 2.30. The van der Waals surface area contributed by atoms with Crippen LogP contribution in [0, 0.1) is 0 Å². The lowest BCUT2D eigenvalue weighted by Crippen LogP contribution is -2.39. The Balaban J connectivity index is 0.000000135. The number of alkyl halides is 1. The van der Waals surface area contributed by atoms with Crippen molar-refractivity contribution in [1.82, 2.24) is 60.0 Å². The minimum atomic E-state index is -1.00. The lowest BCUT2D eigenvalue weighted by Gasteiger charge is -2.27. The Morgan fingerprint density at radius 3 is 1.24 bits per heavy atom. The molecule has 0 saturated carbocycles. The molecular weight excluding hydrogens is 1330 g/mol. The Bertz CT molecular complexity index is 4670. The Labute approximate surface area is 611 Å². The van der Waals surface area contributed by atoms with Crippen molar-refractivity contribution in [3.05, 3.63) is 288 Å². The summed E-state index contributed by atoms with van der Waals surface area (Å²) in [4.78, 5) is 53.3. The van der Waals surface area contributed by atoms with Crippen LogP contribution in [0.2, 0.25) is 0 Å². The Kier molecular flexibility index (Phi) is 25.8. The average molecular weight is 1410 g/mol. The van der Waals surface area contributed by atoms with Crippen LogP contribution in [0.5, 0.6) is 23.0 Å². The van der Waals surface area contributed by atoms with Gasteiger partial charge < -0.3 is 44.1 Å². The van der Waals surface area contributed by atoms with Crippen LogP contribution in [0.3, 0.4) is 0 Å². The lowest BCUT2D eigenvalue weighted by atomic mass is 10.0. The van der Waals surface area contributed by atoms with Crippen LogP contribution >= 0.6 is 0 Å². The van der Waals surface area contributed by atoms with Gasteiger partial charge in [0.2, 0.25) is 0 Å². The number of aromatic nitrogens is 8. The molecule has 4 aromatic heterocycles. The first-order chi connectivity index (χ1) is 51.9. The van der Waals surface area contributed by atoms with Crippen molar-refractivity contribution in [1.29, 1.82) is 0 Å². The van der Waals surface area contributed by atoms with Crippen LogP contribution in [0.25, 0.3) is 45.0 Å². The van der Waals surface area contributed by atoms with Crippen molar-refractivity contribution >= 4 is 23.7 Å². The molecule has 0 bridgehead atoms. The molecule has 0 fully saturated rings. The number of ether oxygens (including phenoxy) is 4. The first-order valence-electron chi connectivity index (χ1n) is 35.4. The van der Waals surface area contributed by atoms with Crippen molar-refractivity contribution in [3.8, 4) is 68.0 Å². The summed E-state index contributed by atoms with van der Waals surface area (Å²) < 4.78 is 41.1. The summed E-state index contributed by atoms with van der Waals surface area (Å²) in [7, 11) is 2.94. The first kappa shape index (κ1) is 72.4. The summed E-state index contributed by atoms with van der Waals surface area (Å²) in [6.45, 7) is 5.61. The van der Waals surface area contributed by atoms with Crippen LogP contribution in [0.4, 0.5) is 4.39 Å². The number of nitrogens with zero attached hydrogens (tertiary/aromatic N) is 9. The summed E-state index contributed by atoms with van der Waals surface area (Å²) in [6, 6.07) is 77.8. The van der Waals surface area contributed by atoms with Crippen LogP contribution in [0.1, 0.15) is 46.4 Å². The number of amides is 3. The molecule has 538 valence electrons. The van der Waals surface area contributed by atoms with Gasteiger partial charge in [0.1, 0.15) is 23.0 Å². The van der Waals surface area contributed by atoms with Gasteiger partial charge in [0.15, 0.2) is 26.4 Å². The smallest absolute Gasteiger partial charge is 0.341 e. The van der Waals surface area contributed by atoms with E-state index in [0.717, 1.165) is 106 Å².